The lowest BCUT2D eigenvalue weighted by atomic mass is 9.94. The number of nitrogens with zero attached hydrogens (tertiary/aromatic N) is 2. The molecule has 1 aromatic rings. The standard InChI is InChI=1S/C22H29ClN2O3/c1-4-5-19-21(22(26)27)15(2)12-20(24-10-11-28-14-16(24)3)25(19)13-17-6-8-18(23)9-7-17/h6-9,12,16,20H,4-5,10-11,13-14H2,1-3H3,(H,26,27)/t16-,20?/m1/s1. The van der Waals surface area contributed by atoms with Crippen LogP contribution >= 0.6 is 11.6 Å². The van der Waals surface area contributed by atoms with Gasteiger partial charge in [-0.2, -0.15) is 0 Å². The lowest BCUT2D eigenvalue weighted by molar-refractivity contribution is -0.132. The molecule has 5 nitrogen and oxygen atoms in total. The molecule has 1 fully saturated rings. The predicted octanol–water partition coefficient (Wildman–Crippen LogP) is 4.29. The Kier molecular flexibility index (Phi) is 6.81. The Morgan fingerprint density at radius 2 is 2.04 bits per heavy atom. The van der Waals surface area contributed by atoms with Crippen molar-refractivity contribution >= 4 is 17.6 Å². The van der Waals surface area contributed by atoms with Gasteiger partial charge in [-0.25, -0.2) is 4.79 Å². The van der Waals surface area contributed by atoms with Crippen LogP contribution in [0.5, 0.6) is 0 Å². The first kappa shape index (κ1) is 20.9. The predicted molar refractivity (Wildman–Crippen MR) is 111 cm³/mol. The Morgan fingerprint density at radius 1 is 1.32 bits per heavy atom. The van der Waals surface area contributed by atoms with Gasteiger partial charge in [-0.1, -0.05) is 37.1 Å². The van der Waals surface area contributed by atoms with Crippen molar-refractivity contribution in [2.75, 3.05) is 19.8 Å². The average molecular weight is 405 g/mol. The van der Waals surface area contributed by atoms with Crippen molar-refractivity contribution in [1.82, 2.24) is 9.80 Å². The molecule has 2 heterocycles. The van der Waals surface area contributed by atoms with Gasteiger partial charge in [0.25, 0.3) is 0 Å². The van der Waals surface area contributed by atoms with Gasteiger partial charge in [0.15, 0.2) is 0 Å². The third-order valence-electron chi connectivity index (χ3n) is 5.47. The topological polar surface area (TPSA) is 53.0 Å². The molecule has 2 aliphatic heterocycles. The smallest absolute Gasteiger partial charge is 0.337 e. The fourth-order valence-electron chi connectivity index (χ4n) is 4.11. The van der Waals surface area contributed by atoms with E-state index >= 15 is 0 Å². The quantitative estimate of drug-likeness (QED) is 0.766. The lowest BCUT2D eigenvalue weighted by Gasteiger charge is -2.47. The highest BCUT2D eigenvalue weighted by molar-refractivity contribution is 6.30. The molecule has 0 spiro atoms. The molecule has 0 radical (unpaired) electrons. The number of hydrogen-bond donors (Lipinski definition) is 1. The van der Waals surface area contributed by atoms with Crippen molar-refractivity contribution in [1.29, 1.82) is 0 Å². The van der Waals surface area contributed by atoms with Crippen LogP contribution in [0.4, 0.5) is 0 Å². The van der Waals surface area contributed by atoms with E-state index in [-0.39, 0.29) is 12.2 Å². The second-order valence-electron chi connectivity index (χ2n) is 7.56. The van der Waals surface area contributed by atoms with Gasteiger partial charge in [-0.05, 0) is 49.6 Å². The van der Waals surface area contributed by atoms with E-state index < -0.39 is 5.97 Å². The van der Waals surface area contributed by atoms with Crippen molar-refractivity contribution in [2.24, 2.45) is 0 Å². The summed E-state index contributed by atoms with van der Waals surface area (Å²) in [5.74, 6) is -0.855. The van der Waals surface area contributed by atoms with Crippen molar-refractivity contribution in [2.45, 2.75) is 52.4 Å². The minimum Gasteiger partial charge on any atom is -0.478 e. The number of hydrogen-bond acceptors (Lipinski definition) is 4. The molecule has 0 saturated carbocycles. The van der Waals surface area contributed by atoms with Crippen LogP contribution < -0.4 is 0 Å². The molecule has 0 aliphatic carbocycles. The molecule has 28 heavy (non-hydrogen) atoms. The number of morpholine rings is 1. The summed E-state index contributed by atoms with van der Waals surface area (Å²) in [6.45, 7) is 9.02. The molecule has 1 N–H and O–H groups in total. The van der Waals surface area contributed by atoms with Crippen molar-refractivity contribution < 1.29 is 14.6 Å². The summed E-state index contributed by atoms with van der Waals surface area (Å²) < 4.78 is 5.63. The van der Waals surface area contributed by atoms with E-state index in [0.29, 0.717) is 30.4 Å². The minimum atomic E-state index is -0.855. The number of halogens is 1. The first-order chi connectivity index (χ1) is 13.4. The van der Waals surface area contributed by atoms with Crippen molar-refractivity contribution in [3.05, 3.63) is 57.8 Å². The van der Waals surface area contributed by atoms with Crippen LogP contribution in [0.1, 0.15) is 39.2 Å². The summed E-state index contributed by atoms with van der Waals surface area (Å²) in [6.07, 6.45) is 3.73. The molecule has 1 unspecified atom stereocenters. The molecule has 2 atom stereocenters. The first-order valence-corrected chi connectivity index (χ1v) is 10.3. The van der Waals surface area contributed by atoms with Gasteiger partial charge in [0.05, 0.1) is 18.8 Å². The number of ether oxygens (including phenoxy) is 1. The second kappa shape index (κ2) is 9.12. The van der Waals surface area contributed by atoms with E-state index in [2.05, 4.69) is 29.7 Å². The summed E-state index contributed by atoms with van der Waals surface area (Å²) in [7, 11) is 0. The van der Waals surface area contributed by atoms with E-state index in [1.807, 2.05) is 31.2 Å². The lowest BCUT2D eigenvalue weighted by Crippen LogP contribution is -2.56. The maximum Gasteiger partial charge on any atom is 0.337 e. The van der Waals surface area contributed by atoms with E-state index in [0.717, 1.165) is 36.2 Å². The van der Waals surface area contributed by atoms with Gasteiger partial charge >= 0.3 is 5.97 Å². The van der Waals surface area contributed by atoms with Gasteiger partial charge in [-0.3, -0.25) is 4.90 Å². The molecule has 0 bridgehead atoms. The number of rotatable bonds is 6. The number of carboxylic acid groups (broad SMARTS) is 1. The Balaban J connectivity index is 2.03. The Bertz CT molecular complexity index is 772. The average Bonchev–Trinajstić information content (AvgIpc) is 2.65. The molecular weight excluding hydrogens is 376 g/mol. The molecule has 0 amide bonds. The Morgan fingerprint density at radius 3 is 2.64 bits per heavy atom. The molecule has 6 heteroatoms. The van der Waals surface area contributed by atoms with Crippen LogP contribution in [-0.4, -0.2) is 52.8 Å². The van der Waals surface area contributed by atoms with Gasteiger partial charge in [-0.15, -0.1) is 0 Å². The van der Waals surface area contributed by atoms with Crippen LogP contribution in [0.2, 0.25) is 5.02 Å². The number of benzene rings is 1. The zero-order valence-corrected chi connectivity index (χ0v) is 17.6. The molecule has 152 valence electrons. The van der Waals surface area contributed by atoms with E-state index in [9.17, 15) is 9.90 Å². The molecular formula is C22H29ClN2O3. The largest absolute Gasteiger partial charge is 0.478 e. The van der Waals surface area contributed by atoms with Crippen LogP contribution in [-0.2, 0) is 16.1 Å². The summed E-state index contributed by atoms with van der Waals surface area (Å²) >= 11 is 6.05. The van der Waals surface area contributed by atoms with E-state index in [4.69, 9.17) is 16.3 Å². The zero-order valence-electron chi connectivity index (χ0n) is 16.8. The van der Waals surface area contributed by atoms with Crippen molar-refractivity contribution in [3.63, 3.8) is 0 Å². The Hall–Kier alpha value is -1.82. The monoisotopic (exact) mass is 404 g/mol. The maximum absolute atomic E-state index is 12.1. The summed E-state index contributed by atoms with van der Waals surface area (Å²) in [6, 6.07) is 8.06. The fourth-order valence-corrected chi connectivity index (χ4v) is 4.23. The molecule has 0 aromatic heterocycles. The van der Waals surface area contributed by atoms with Crippen LogP contribution in [0, 0.1) is 0 Å². The first-order valence-electron chi connectivity index (χ1n) is 9.92. The Labute approximate surface area is 172 Å². The number of carboxylic acids is 1. The highest BCUT2D eigenvalue weighted by Gasteiger charge is 2.36. The van der Waals surface area contributed by atoms with Crippen LogP contribution in [0.3, 0.4) is 0 Å². The third kappa shape index (κ3) is 4.43. The SMILES string of the molecule is CCCC1=C(C(=O)O)C(C)=CC(N2CCOC[C@H]2C)N1Cc1ccc(Cl)cc1. The minimum absolute atomic E-state index is 0.0132. The van der Waals surface area contributed by atoms with Crippen molar-refractivity contribution in [3.8, 4) is 0 Å². The van der Waals surface area contributed by atoms with Gasteiger partial charge < -0.3 is 14.7 Å². The van der Waals surface area contributed by atoms with Gasteiger partial charge in [0.1, 0.15) is 6.17 Å². The zero-order chi connectivity index (χ0) is 20.3. The number of allylic oxidation sites excluding steroid dienone is 1. The second-order valence-corrected chi connectivity index (χ2v) is 7.99. The highest BCUT2D eigenvalue weighted by Crippen LogP contribution is 2.34. The molecule has 3 rings (SSSR count). The third-order valence-corrected chi connectivity index (χ3v) is 5.73. The van der Waals surface area contributed by atoms with Crippen LogP contribution in [0.15, 0.2) is 47.2 Å². The van der Waals surface area contributed by atoms with E-state index in [1.54, 1.807) is 0 Å². The molecule has 1 saturated heterocycles. The van der Waals surface area contributed by atoms with Gasteiger partial charge in [0.2, 0.25) is 0 Å². The summed E-state index contributed by atoms with van der Waals surface area (Å²) in [4.78, 5) is 16.7. The van der Waals surface area contributed by atoms with E-state index in [1.165, 1.54) is 0 Å². The number of carbonyl (C=O) groups is 1. The molecule has 1 aromatic carbocycles. The highest BCUT2D eigenvalue weighted by atomic mass is 35.5. The normalized spacial score (nSPS) is 23.7. The van der Waals surface area contributed by atoms with Gasteiger partial charge in [0, 0.05) is 29.9 Å². The van der Waals surface area contributed by atoms with Crippen LogP contribution in [0.25, 0.3) is 0 Å². The fraction of sp³-hybridized carbons (Fsp3) is 0.500. The summed E-state index contributed by atoms with van der Waals surface area (Å²) in [5.41, 5.74) is 3.30. The summed E-state index contributed by atoms with van der Waals surface area (Å²) in [5, 5.41) is 10.6. The molecule has 2 aliphatic rings. The maximum atomic E-state index is 12.1. The number of aliphatic carboxylic acids is 1.